The molecule has 1 atom stereocenters. The average molecular weight is 157 g/mol. The van der Waals surface area contributed by atoms with Crippen molar-refractivity contribution >= 4 is 0 Å². The Bertz CT molecular complexity index is 71.3. The van der Waals surface area contributed by atoms with Crippen molar-refractivity contribution in [3.63, 3.8) is 0 Å². The van der Waals surface area contributed by atoms with Crippen LogP contribution in [0.5, 0.6) is 0 Å². The summed E-state index contributed by atoms with van der Waals surface area (Å²) >= 11 is 0. The minimum Gasteiger partial charge on any atom is -0.320 e. The first kappa shape index (κ1) is 11.0. The van der Waals surface area contributed by atoms with Crippen LogP contribution in [0.25, 0.3) is 0 Å². The Balaban J connectivity index is 3.20. The van der Waals surface area contributed by atoms with Gasteiger partial charge in [-0.2, -0.15) is 0 Å². The van der Waals surface area contributed by atoms with Crippen LogP contribution in [0, 0.1) is 5.92 Å². The molecule has 0 amide bonds. The fourth-order valence-corrected chi connectivity index (χ4v) is 1.53. The van der Waals surface area contributed by atoms with Crippen LogP contribution in [0.15, 0.2) is 0 Å². The fraction of sp³-hybridized carbons (Fsp3) is 1.00. The van der Waals surface area contributed by atoms with Crippen molar-refractivity contribution in [1.29, 1.82) is 0 Å². The van der Waals surface area contributed by atoms with Gasteiger partial charge < -0.3 is 5.32 Å². The molecule has 0 rings (SSSR count). The van der Waals surface area contributed by atoms with E-state index >= 15 is 0 Å². The Morgan fingerprint density at radius 3 is 2.36 bits per heavy atom. The second-order valence-electron chi connectivity index (χ2n) is 3.31. The fourth-order valence-electron chi connectivity index (χ4n) is 1.53. The molecule has 0 aliphatic heterocycles. The van der Waals surface area contributed by atoms with E-state index in [9.17, 15) is 0 Å². The zero-order chi connectivity index (χ0) is 8.53. The molecule has 0 bridgehead atoms. The molecule has 1 unspecified atom stereocenters. The second-order valence-corrected chi connectivity index (χ2v) is 3.31. The Hall–Kier alpha value is -0.0400. The Labute approximate surface area is 71.6 Å². The van der Waals surface area contributed by atoms with Crippen molar-refractivity contribution < 1.29 is 0 Å². The van der Waals surface area contributed by atoms with E-state index in [-0.39, 0.29) is 0 Å². The standard InChI is InChI=1S/C10H23N/c1-4-7-10(5-2)8-6-9-11-3/h10-11H,4-9H2,1-3H3. The van der Waals surface area contributed by atoms with E-state index in [0.717, 1.165) is 5.92 Å². The normalized spacial score (nSPS) is 13.4. The quantitative estimate of drug-likeness (QED) is 0.560. The van der Waals surface area contributed by atoms with Crippen molar-refractivity contribution in [3.05, 3.63) is 0 Å². The Morgan fingerprint density at radius 1 is 1.18 bits per heavy atom. The van der Waals surface area contributed by atoms with E-state index in [2.05, 4.69) is 19.2 Å². The van der Waals surface area contributed by atoms with Crippen LogP contribution in [0.3, 0.4) is 0 Å². The zero-order valence-corrected chi connectivity index (χ0v) is 8.32. The largest absolute Gasteiger partial charge is 0.320 e. The van der Waals surface area contributed by atoms with Gasteiger partial charge in [0.05, 0.1) is 0 Å². The zero-order valence-electron chi connectivity index (χ0n) is 8.32. The second kappa shape index (κ2) is 8.06. The van der Waals surface area contributed by atoms with Crippen LogP contribution in [0.4, 0.5) is 0 Å². The van der Waals surface area contributed by atoms with E-state index < -0.39 is 0 Å². The lowest BCUT2D eigenvalue weighted by molar-refractivity contribution is 0.417. The molecule has 1 N–H and O–H groups in total. The third-order valence-electron chi connectivity index (χ3n) is 2.31. The van der Waals surface area contributed by atoms with Gasteiger partial charge in [-0.3, -0.25) is 0 Å². The molecule has 1 heteroatoms. The SMILES string of the molecule is CCCC(CC)CCCNC. The maximum Gasteiger partial charge on any atom is -0.00518 e. The van der Waals surface area contributed by atoms with Gasteiger partial charge in [0.15, 0.2) is 0 Å². The van der Waals surface area contributed by atoms with E-state index in [1.54, 1.807) is 0 Å². The molecule has 0 aromatic carbocycles. The molecular formula is C10H23N. The van der Waals surface area contributed by atoms with Gasteiger partial charge in [-0.05, 0) is 32.4 Å². The number of rotatable bonds is 7. The molecule has 0 fully saturated rings. The highest BCUT2D eigenvalue weighted by Gasteiger charge is 2.03. The molecule has 0 aromatic heterocycles. The third kappa shape index (κ3) is 6.36. The number of hydrogen-bond donors (Lipinski definition) is 1. The van der Waals surface area contributed by atoms with E-state index in [4.69, 9.17) is 0 Å². The molecule has 0 aromatic rings. The first-order chi connectivity index (χ1) is 5.35. The van der Waals surface area contributed by atoms with E-state index in [1.165, 1.54) is 38.6 Å². The first-order valence-corrected chi connectivity index (χ1v) is 4.99. The summed E-state index contributed by atoms with van der Waals surface area (Å²) in [5, 5.41) is 3.19. The van der Waals surface area contributed by atoms with Gasteiger partial charge in [-0.15, -0.1) is 0 Å². The maximum absolute atomic E-state index is 3.19. The Kier molecular flexibility index (Phi) is 8.03. The molecule has 1 nitrogen and oxygen atoms in total. The molecule has 0 saturated carbocycles. The van der Waals surface area contributed by atoms with Crippen LogP contribution >= 0.6 is 0 Å². The molecule has 68 valence electrons. The molecular weight excluding hydrogens is 134 g/mol. The van der Waals surface area contributed by atoms with Crippen LogP contribution in [0.2, 0.25) is 0 Å². The number of nitrogens with one attached hydrogen (secondary N) is 1. The van der Waals surface area contributed by atoms with Gasteiger partial charge in [0.2, 0.25) is 0 Å². The smallest absolute Gasteiger partial charge is 0.00518 e. The highest BCUT2D eigenvalue weighted by Crippen LogP contribution is 2.16. The monoisotopic (exact) mass is 157 g/mol. The van der Waals surface area contributed by atoms with Crippen LogP contribution in [0.1, 0.15) is 46.0 Å². The first-order valence-electron chi connectivity index (χ1n) is 4.99. The van der Waals surface area contributed by atoms with Gasteiger partial charge >= 0.3 is 0 Å². The lowest BCUT2D eigenvalue weighted by Crippen LogP contribution is -2.09. The Morgan fingerprint density at radius 2 is 1.91 bits per heavy atom. The van der Waals surface area contributed by atoms with Crippen LogP contribution < -0.4 is 5.32 Å². The van der Waals surface area contributed by atoms with Gasteiger partial charge in [-0.25, -0.2) is 0 Å². The summed E-state index contributed by atoms with van der Waals surface area (Å²) in [7, 11) is 2.03. The van der Waals surface area contributed by atoms with E-state index in [0.29, 0.717) is 0 Å². The molecule has 0 heterocycles. The highest BCUT2D eigenvalue weighted by molar-refractivity contribution is 4.57. The average Bonchev–Trinajstić information content (AvgIpc) is 2.03. The molecule has 11 heavy (non-hydrogen) atoms. The van der Waals surface area contributed by atoms with Gasteiger partial charge in [0.25, 0.3) is 0 Å². The molecule has 0 aliphatic carbocycles. The topological polar surface area (TPSA) is 12.0 Å². The lowest BCUT2D eigenvalue weighted by Gasteiger charge is -2.12. The minimum atomic E-state index is 0.980. The van der Waals surface area contributed by atoms with Crippen molar-refractivity contribution in [2.24, 2.45) is 5.92 Å². The predicted molar refractivity (Wildman–Crippen MR) is 51.8 cm³/mol. The summed E-state index contributed by atoms with van der Waals surface area (Å²) in [4.78, 5) is 0. The molecule has 0 spiro atoms. The summed E-state index contributed by atoms with van der Waals surface area (Å²) in [5.74, 6) is 0.980. The third-order valence-corrected chi connectivity index (χ3v) is 2.31. The van der Waals surface area contributed by atoms with Gasteiger partial charge in [0.1, 0.15) is 0 Å². The number of hydrogen-bond acceptors (Lipinski definition) is 1. The molecule has 0 aliphatic rings. The van der Waals surface area contributed by atoms with Crippen molar-refractivity contribution in [1.82, 2.24) is 5.32 Å². The van der Waals surface area contributed by atoms with Crippen LogP contribution in [-0.4, -0.2) is 13.6 Å². The summed E-state index contributed by atoms with van der Waals surface area (Å²) in [5.41, 5.74) is 0. The van der Waals surface area contributed by atoms with Crippen molar-refractivity contribution in [2.45, 2.75) is 46.0 Å². The van der Waals surface area contributed by atoms with Gasteiger partial charge in [-0.1, -0.05) is 33.1 Å². The predicted octanol–water partition coefficient (Wildman–Crippen LogP) is 2.81. The highest BCUT2D eigenvalue weighted by atomic mass is 14.8. The summed E-state index contributed by atoms with van der Waals surface area (Å²) in [6.45, 7) is 5.76. The minimum absolute atomic E-state index is 0.980. The molecule has 0 radical (unpaired) electrons. The summed E-state index contributed by atoms with van der Waals surface area (Å²) in [6.07, 6.45) is 6.87. The van der Waals surface area contributed by atoms with Crippen LogP contribution in [-0.2, 0) is 0 Å². The van der Waals surface area contributed by atoms with Crippen molar-refractivity contribution in [3.8, 4) is 0 Å². The summed E-state index contributed by atoms with van der Waals surface area (Å²) in [6, 6.07) is 0. The van der Waals surface area contributed by atoms with E-state index in [1.807, 2.05) is 7.05 Å². The van der Waals surface area contributed by atoms with Crippen molar-refractivity contribution in [2.75, 3.05) is 13.6 Å². The molecule has 0 saturated heterocycles. The lowest BCUT2D eigenvalue weighted by atomic mass is 9.95. The van der Waals surface area contributed by atoms with Gasteiger partial charge in [0, 0.05) is 0 Å². The summed E-state index contributed by atoms with van der Waals surface area (Å²) < 4.78 is 0. The maximum atomic E-state index is 3.19.